The molecular formula is C19H20N4O5. The van der Waals surface area contributed by atoms with E-state index in [4.69, 9.17) is 14.4 Å². The first kappa shape index (κ1) is 19.2. The van der Waals surface area contributed by atoms with Gasteiger partial charge in [0.1, 0.15) is 12.3 Å². The zero-order valence-electron chi connectivity index (χ0n) is 15.3. The second-order valence-corrected chi connectivity index (χ2v) is 6.22. The summed E-state index contributed by atoms with van der Waals surface area (Å²) in [5.74, 6) is -0.112. The van der Waals surface area contributed by atoms with Crippen LogP contribution in [-0.4, -0.2) is 38.5 Å². The summed E-state index contributed by atoms with van der Waals surface area (Å²) in [5, 5.41) is 19.3. The highest BCUT2D eigenvalue weighted by Crippen LogP contribution is 2.17. The molecule has 0 saturated carbocycles. The standard InChI is InChI=1S/C19H20N4O5/c1-13-10-20-23(11-13)12-16-9-17(22-28-16)19(26)21-14-4-6-15(7-5-14)27-8-2-3-18(24)25/h4-7,9-11H,2-3,8,12H2,1H3,(H,21,26)(H,24,25). The molecule has 0 aliphatic heterocycles. The minimum absolute atomic E-state index is 0.0633. The molecule has 0 saturated heterocycles. The van der Waals surface area contributed by atoms with Crippen LogP contribution in [0.2, 0.25) is 0 Å². The van der Waals surface area contributed by atoms with Gasteiger partial charge in [0.15, 0.2) is 11.5 Å². The Morgan fingerprint density at radius 2 is 2.07 bits per heavy atom. The molecule has 0 bridgehead atoms. The number of carboxylic acid groups (broad SMARTS) is 1. The van der Waals surface area contributed by atoms with Gasteiger partial charge in [-0.2, -0.15) is 5.10 Å². The number of ether oxygens (including phenoxy) is 1. The summed E-state index contributed by atoms with van der Waals surface area (Å²) in [6, 6.07) is 8.36. The van der Waals surface area contributed by atoms with Gasteiger partial charge in [0.25, 0.3) is 5.91 Å². The Balaban J connectivity index is 1.51. The number of amides is 1. The minimum Gasteiger partial charge on any atom is -0.494 e. The first-order chi connectivity index (χ1) is 13.5. The van der Waals surface area contributed by atoms with E-state index in [0.29, 0.717) is 36.8 Å². The van der Waals surface area contributed by atoms with Crippen LogP contribution in [0.4, 0.5) is 5.69 Å². The summed E-state index contributed by atoms with van der Waals surface area (Å²) in [6.45, 7) is 2.65. The molecule has 3 rings (SSSR count). The van der Waals surface area contributed by atoms with Gasteiger partial charge in [-0.25, -0.2) is 0 Å². The number of benzene rings is 1. The number of aromatic nitrogens is 3. The van der Waals surface area contributed by atoms with E-state index in [1.165, 1.54) is 0 Å². The molecule has 2 heterocycles. The summed E-state index contributed by atoms with van der Waals surface area (Å²) in [7, 11) is 0. The highest BCUT2D eigenvalue weighted by atomic mass is 16.5. The molecule has 28 heavy (non-hydrogen) atoms. The molecule has 0 radical (unpaired) electrons. The molecule has 2 N–H and O–H groups in total. The Hall–Kier alpha value is -3.62. The van der Waals surface area contributed by atoms with Crippen LogP contribution in [-0.2, 0) is 11.3 Å². The molecule has 1 amide bonds. The fourth-order valence-corrected chi connectivity index (χ4v) is 2.45. The molecule has 9 heteroatoms. The van der Waals surface area contributed by atoms with E-state index in [-0.39, 0.29) is 18.0 Å². The summed E-state index contributed by atoms with van der Waals surface area (Å²) in [5.41, 5.74) is 1.79. The Kier molecular flexibility index (Phi) is 6.05. The van der Waals surface area contributed by atoms with Crippen LogP contribution < -0.4 is 10.1 Å². The lowest BCUT2D eigenvalue weighted by molar-refractivity contribution is -0.137. The zero-order chi connectivity index (χ0) is 19.9. The number of aryl methyl sites for hydroxylation is 1. The third-order valence-electron chi connectivity index (χ3n) is 3.79. The molecule has 0 atom stereocenters. The lowest BCUT2D eigenvalue weighted by atomic mass is 10.2. The lowest BCUT2D eigenvalue weighted by Crippen LogP contribution is -2.12. The summed E-state index contributed by atoms with van der Waals surface area (Å²) < 4.78 is 12.3. The van der Waals surface area contributed by atoms with Crippen molar-refractivity contribution >= 4 is 17.6 Å². The lowest BCUT2D eigenvalue weighted by Gasteiger charge is -2.07. The van der Waals surface area contributed by atoms with Gasteiger partial charge in [-0.1, -0.05) is 5.16 Å². The molecular weight excluding hydrogens is 364 g/mol. The van der Waals surface area contributed by atoms with Crippen molar-refractivity contribution in [1.29, 1.82) is 0 Å². The monoisotopic (exact) mass is 384 g/mol. The van der Waals surface area contributed by atoms with Gasteiger partial charge < -0.3 is 19.7 Å². The van der Waals surface area contributed by atoms with Crippen molar-refractivity contribution in [3.63, 3.8) is 0 Å². The Labute approximate surface area is 160 Å². The predicted octanol–water partition coefficient (Wildman–Crippen LogP) is 2.72. The van der Waals surface area contributed by atoms with Crippen LogP contribution >= 0.6 is 0 Å². The highest BCUT2D eigenvalue weighted by molar-refractivity contribution is 6.02. The third kappa shape index (κ3) is 5.44. The molecule has 0 spiro atoms. The minimum atomic E-state index is -0.850. The highest BCUT2D eigenvalue weighted by Gasteiger charge is 2.13. The SMILES string of the molecule is Cc1cnn(Cc2cc(C(=O)Nc3ccc(OCCCC(=O)O)cc3)no2)c1. The summed E-state index contributed by atoms with van der Waals surface area (Å²) >= 11 is 0. The molecule has 9 nitrogen and oxygen atoms in total. The first-order valence-electron chi connectivity index (χ1n) is 8.70. The molecule has 1 aromatic carbocycles. The van der Waals surface area contributed by atoms with Gasteiger partial charge >= 0.3 is 5.97 Å². The second kappa shape index (κ2) is 8.85. The second-order valence-electron chi connectivity index (χ2n) is 6.22. The number of nitrogens with zero attached hydrogens (tertiary/aromatic N) is 3. The van der Waals surface area contributed by atoms with Crippen LogP contribution in [0.5, 0.6) is 5.75 Å². The number of rotatable bonds is 9. The van der Waals surface area contributed by atoms with E-state index in [0.717, 1.165) is 5.56 Å². The number of aliphatic carboxylic acids is 1. The molecule has 0 aliphatic carbocycles. The largest absolute Gasteiger partial charge is 0.494 e. The summed E-state index contributed by atoms with van der Waals surface area (Å²) in [6.07, 6.45) is 4.10. The van der Waals surface area contributed by atoms with Crippen LogP contribution in [0.1, 0.15) is 34.7 Å². The van der Waals surface area contributed by atoms with Crippen molar-refractivity contribution in [2.24, 2.45) is 0 Å². The summed E-state index contributed by atoms with van der Waals surface area (Å²) in [4.78, 5) is 22.8. The fourth-order valence-electron chi connectivity index (χ4n) is 2.45. The first-order valence-corrected chi connectivity index (χ1v) is 8.70. The van der Waals surface area contributed by atoms with E-state index in [9.17, 15) is 9.59 Å². The van der Waals surface area contributed by atoms with Crippen LogP contribution in [0.25, 0.3) is 0 Å². The van der Waals surface area contributed by atoms with Crippen molar-refractivity contribution in [2.45, 2.75) is 26.3 Å². The molecule has 0 fully saturated rings. The Morgan fingerprint density at radius 1 is 1.29 bits per heavy atom. The number of carbonyl (C=O) groups excluding carboxylic acids is 1. The van der Waals surface area contributed by atoms with Crippen molar-refractivity contribution in [3.05, 3.63) is 59.7 Å². The van der Waals surface area contributed by atoms with Crippen LogP contribution in [0.3, 0.4) is 0 Å². The van der Waals surface area contributed by atoms with Crippen molar-refractivity contribution in [3.8, 4) is 5.75 Å². The maximum absolute atomic E-state index is 12.3. The number of nitrogens with one attached hydrogen (secondary N) is 1. The molecule has 2 aromatic heterocycles. The number of hydrogen-bond acceptors (Lipinski definition) is 6. The van der Waals surface area contributed by atoms with E-state index in [1.54, 1.807) is 41.2 Å². The third-order valence-corrected chi connectivity index (χ3v) is 3.79. The van der Waals surface area contributed by atoms with Gasteiger partial charge in [0, 0.05) is 24.4 Å². The molecule has 0 aliphatic rings. The molecule has 146 valence electrons. The molecule has 0 unspecified atom stereocenters. The number of anilines is 1. The van der Waals surface area contributed by atoms with Crippen molar-refractivity contribution in [2.75, 3.05) is 11.9 Å². The fraction of sp³-hybridized carbons (Fsp3) is 0.263. The van der Waals surface area contributed by atoms with Gasteiger partial charge in [0.05, 0.1) is 12.8 Å². The van der Waals surface area contributed by atoms with Crippen molar-refractivity contribution in [1.82, 2.24) is 14.9 Å². The smallest absolute Gasteiger partial charge is 0.303 e. The van der Waals surface area contributed by atoms with Gasteiger partial charge in [-0.15, -0.1) is 0 Å². The van der Waals surface area contributed by atoms with Gasteiger partial charge in [-0.05, 0) is 43.2 Å². The quantitative estimate of drug-likeness (QED) is 0.544. The average molecular weight is 384 g/mol. The normalized spacial score (nSPS) is 10.6. The van der Waals surface area contributed by atoms with Crippen LogP contribution in [0, 0.1) is 6.92 Å². The number of carbonyl (C=O) groups is 2. The topological polar surface area (TPSA) is 119 Å². The number of carboxylic acids is 1. The maximum Gasteiger partial charge on any atom is 0.303 e. The van der Waals surface area contributed by atoms with Crippen LogP contribution in [0.15, 0.2) is 47.2 Å². The van der Waals surface area contributed by atoms with E-state index < -0.39 is 5.97 Å². The zero-order valence-corrected chi connectivity index (χ0v) is 15.3. The Morgan fingerprint density at radius 3 is 2.75 bits per heavy atom. The van der Waals surface area contributed by atoms with E-state index >= 15 is 0 Å². The van der Waals surface area contributed by atoms with E-state index in [1.807, 2.05) is 13.1 Å². The van der Waals surface area contributed by atoms with Crippen molar-refractivity contribution < 1.29 is 24.0 Å². The predicted molar refractivity (Wildman–Crippen MR) is 99.3 cm³/mol. The number of hydrogen-bond donors (Lipinski definition) is 2. The van der Waals surface area contributed by atoms with Gasteiger partial charge in [0.2, 0.25) is 0 Å². The van der Waals surface area contributed by atoms with Gasteiger partial charge in [-0.3, -0.25) is 14.3 Å². The van der Waals surface area contributed by atoms with E-state index in [2.05, 4.69) is 15.6 Å². The Bertz CT molecular complexity index is 945. The average Bonchev–Trinajstić information content (AvgIpc) is 3.29. The maximum atomic E-state index is 12.3. The molecule has 3 aromatic rings.